The molecule has 0 aliphatic rings. The number of carbonyl (C=O) groups is 1. The number of benzene rings is 1. The minimum absolute atomic E-state index is 0.257. The minimum atomic E-state index is -0.327. The van der Waals surface area contributed by atoms with E-state index in [9.17, 15) is 4.79 Å². The van der Waals surface area contributed by atoms with E-state index in [1.54, 1.807) is 0 Å². The summed E-state index contributed by atoms with van der Waals surface area (Å²) in [6.45, 7) is 5.68. The molecule has 94 valence electrons. The second kappa shape index (κ2) is 5.15. The van der Waals surface area contributed by atoms with Gasteiger partial charge in [0.1, 0.15) is 5.75 Å². The van der Waals surface area contributed by atoms with E-state index in [0.29, 0.717) is 21.4 Å². The number of rotatable bonds is 2. The van der Waals surface area contributed by atoms with Crippen LogP contribution in [0.3, 0.4) is 0 Å². The zero-order valence-electron chi connectivity index (χ0n) is 10.2. The fraction of sp³-hybridized carbons (Fsp3) is 0.417. The minimum Gasteiger partial charge on any atom is -0.495 e. The Morgan fingerprint density at radius 1 is 1.24 bits per heavy atom. The lowest BCUT2D eigenvalue weighted by Crippen LogP contribution is -2.40. The number of ether oxygens (including phenoxy) is 1. The summed E-state index contributed by atoms with van der Waals surface area (Å²) in [6, 6.07) is 3.03. The van der Waals surface area contributed by atoms with Crippen LogP contribution in [-0.4, -0.2) is 18.6 Å². The average molecular weight is 276 g/mol. The van der Waals surface area contributed by atoms with E-state index in [1.165, 1.54) is 19.2 Å². The first-order valence-corrected chi connectivity index (χ1v) is 5.86. The summed E-state index contributed by atoms with van der Waals surface area (Å²) < 4.78 is 5.01. The SMILES string of the molecule is COc1cc(Cl)c(C(=O)NC(C)(C)C)cc1Cl. The summed E-state index contributed by atoms with van der Waals surface area (Å²) in [7, 11) is 1.49. The quantitative estimate of drug-likeness (QED) is 0.897. The van der Waals surface area contributed by atoms with E-state index in [0.717, 1.165) is 0 Å². The van der Waals surface area contributed by atoms with Gasteiger partial charge in [-0.1, -0.05) is 23.2 Å². The molecule has 0 bridgehead atoms. The molecule has 0 saturated carbocycles. The first-order valence-electron chi connectivity index (χ1n) is 5.10. The van der Waals surface area contributed by atoms with Crippen LogP contribution in [0.25, 0.3) is 0 Å². The molecule has 1 aromatic rings. The van der Waals surface area contributed by atoms with Gasteiger partial charge in [-0.05, 0) is 26.8 Å². The van der Waals surface area contributed by atoms with Crippen LogP contribution < -0.4 is 10.1 Å². The van der Waals surface area contributed by atoms with Crippen molar-refractivity contribution in [2.24, 2.45) is 0 Å². The van der Waals surface area contributed by atoms with E-state index in [4.69, 9.17) is 27.9 Å². The molecule has 5 heteroatoms. The smallest absolute Gasteiger partial charge is 0.253 e. The molecule has 0 spiro atoms. The van der Waals surface area contributed by atoms with Crippen molar-refractivity contribution in [2.45, 2.75) is 26.3 Å². The monoisotopic (exact) mass is 275 g/mol. The summed E-state index contributed by atoms with van der Waals surface area (Å²) in [5, 5.41) is 3.49. The molecule has 0 atom stereocenters. The van der Waals surface area contributed by atoms with Gasteiger partial charge in [0.25, 0.3) is 5.91 Å². The summed E-state index contributed by atoms with van der Waals surface area (Å²) in [4.78, 5) is 11.9. The third-order valence-corrected chi connectivity index (χ3v) is 2.58. The normalized spacial score (nSPS) is 11.2. The van der Waals surface area contributed by atoms with Gasteiger partial charge in [0, 0.05) is 11.6 Å². The Morgan fingerprint density at radius 3 is 2.29 bits per heavy atom. The van der Waals surface area contributed by atoms with Crippen LogP contribution in [-0.2, 0) is 0 Å². The van der Waals surface area contributed by atoms with Crippen molar-refractivity contribution >= 4 is 29.1 Å². The fourth-order valence-electron chi connectivity index (χ4n) is 1.27. The van der Waals surface area contributed by atoms with Gasteiger partial charge >= 0.3 is 0 Å². The molecule has 0 heterocycles. The van der Waals surface area contributed by atoms with Crippen molar-refractivity contribution in [1.82, 2.24) is 5.32 Å². The number of nitrogens with one attached hydrogen (secondary N) is 1. The Morgan fingerprint density at radius 2 is 1.82 bits per heavy atom. The topological polar surface area (TPSA) is 38.3 Å². The zero-order chi connectivity index (χ0) is 13.2. The van der Waals surface area contributed by atoms with Crippen molar-refractivity contribution in [1.29, 1.82) is 0 Å². The van der Waals surface area contributed by atoms with Crippen LogP contribution in [0.15, 0.2) is 12.1 Å². The van der Waals surface area contributed by atoms with Gasteiger partial charge in [-0.2, -0.15) is 0 Å². The standard InChI is InChI=1S/C12H15Cl2NO2/c1-12(2,3)15-11(16)7-5-9(14)10(17-4)6-8(7)13/h5-6H,1-4H3,(H,15,16). The Labute approximate surface area is 111 Å². The Bertz CT molecular complexity index is 439. The molecule has 1 N–H and O–H groups in total. The number of hydrogen-bond acceptors (Lipinski definition) is 2. The third kappa shape index (κ3) is 3.79. The van der Waals surface area contributed by atoms with Gasteiger partial charge in [-0.25, -0.2) is 0 Å². The zero-order valence-corrected chi connectivity index (χ0v) is 11.7. The van der Waals surface area contributed by atoms with Gasteiger partial charge in [-0.3, -0.25) is 4.79 Å². The van der Waals surface area contributed by atoms with E-state index >= 15 is 0 Å². The average Bonchev–Trinajstić information content (AvgIpc) is 2.18. The number of halogens is 2. The van der Waals surface area contributed by atoms with Gasteiger partial charge in [0.15, 0.2) is 0 Å². The molecule has 0 saturated heterocycles. The van der Waals surface area contributed by atoms with Crippen molar-refractivity contribution < 1.29 is 9.53 Å². The lowest BCUT2D eigenvalue weighted by Gasteiger charge is -2.21. The molecule has 17 heavy (non-hydrogen) atoms. The fourth-order valence-corrected chi connectivity index (χ4v) is 1.75. The molecule has 1 rings (SSSR count). The first-order chi connectivity index (χ1) is 7.74. The molecule has 3 nitrogen and oxygen atoms in total. The summed E-state index contributed by atoms with van der Waals surface area (Å²) >= 11 is 12.0. The summed E-state index contributed by atoms with van der Waals surface area (Å²) in [5.41, 5.74) is 0.0136. The van der Waals surface area contributed by atoms with Gasteiger partial charge in [-0.15, -0.1) is 0 Å². The second-order valence-electron chi connectivity index (χ2n) is 4.67. The number of amides is 1. The summed E-state index contributed by atoms with van der Waals surface area (Å²) in [5.74, 6) is 0.191. The maximum atomic E-state index is 11.9. The number of carbonyl (C=O) groups excluding carboxylic acids is 1. The molecular formula is C12H15Cl2NO2. The highest BCUT2D eigenvalue weighted by Gasteiger charge is 2.19. The third-order valence-electron chi connectivity index (χ3n) is 1.97. The van der Waals surface area contributed by atoms with Crippen LogP contribution in [0.2, 0.25) is 10.0 Å². The van der Waals surface area contributed by atoms with E-state index in [1.807, 2.05) is 20.8 Å². The van der Waals surface area contributed by atoms with E-state index < -0.39 is 0 Å². The van der Waals surface area contributed by atoms with Gasteiger partial charge < -0.3 is 10.1 Å². The molecular weight excluding hydrogens is 261 g/mol. The van der Waals surface area contributed by atoms with E-state index in [-0.39, 0.29) is 11.4 Å². The van der Waals surface area contributed by atoms with E-state index in [2.05, 4.69) is 5.32 Å². The molecule has 0 unspecified atom stereocenters. The number of hydrogen-bond donors (Lipinski definition) is 1. The Kier molecular flexibility index (Phi) is 4.28. The largest absolute Gasteiger partial charge is 0.495 e. The highest BCUT2D eigenvalue weighted by Crippen LogP contribution is 2.31. The van der Waals surface area contributed by atoms with Crippen LogP contribution in [0.1, 0.15) is 31.1 Å². The first kappa shape index (κ1) is 14.1. The molecule has 0 radical (unpaired) electrons. The predicted molar refractivity (Wildman–Crippen MR) is 70.2 cm³/mol. The van der Waals surface area contributed by atoms with Crippen molar-refractivity contribution in [3.63, 3.8) is 0 Å². The van der Waals surface area contributed by atoms with Crippen molar-refractivity contribution in [3.05, 3.63) is 27.7 Å². The van der Waals surface area contributed by atoms with Crippen LogP contribution in [0, 0.1) is 0 Å². The molecule has 1 aromatic carbocycles. The van der Waals surface area contributed by atoms with Crippen LogP contribution in [0.5, 0.6) is 5.75 Å². The second-order valence-corrected chi connectivity index (χ2v) is 5.49. The Hall–Kier alpha value is -0.930. The highest BCUT2D eigenvalue weighted by atomic mass is 35.5. The highest BCUT2D eigenvalue weighted by molar-refractivity contribution is 6.36. The lowest BCUT2D eigenvalue weighted by molar-refractivity contribution is 0.0919. The van der Waals surface area contributed by atoms with Crippen molar-refractivity contribution in [2.75, 3.05) is 7.11 Å². The molecule has 0 aliphatic carbocycles. The molecule has 1 amide bonds. The van der Waals surface area contributed by atoms with Crippen LogP contribution in [0.4, 0.5) is 0 Å². The predicted octanol–water partition coefficient (Wildman–Crippen LogP) is 3.53. The molecule has 0 aliphatic heterocycles. The van der Waals surface area contributed by atoms with Gasteiger partial charge in [0.05, 0.1) is 22.7 Å². The van der Waals surface area contributed by atoms with Gasteiger partial charge in [0.2, 0.25) is 0 Å². The lowest BCUT2D eigenvalue weighted by atomic mass is 10.1. The molecule has 0 aromatic heterocycles. The summed E-state index contributed by atoms with van der Waals surface area (Å²) in [6.07, 6.45) is 0. The maximum Gasteiger partial charge on any atom is 0.253 e. The Balaban J connectivity index is 3.07. The molecule has 0 fully saturated rings. The van der Waals surface area contributed by atoms with Crippen molar-refractivity contribution in [3.8, 4) is 5.75 Å². The maximum absolute atomic E-state index is 11.9. The number of methoxy groups -OCH3 is 1. The van der Waals surface area contributed by atoms with Crippen LogP contribution >= 0.6 is 23.2 Å².